The highest BCUT2D eigenvalue weighted by atomic mass is 35.5. The molecule has 0 amide bonds. The fourth-order valence-electron chi connectivity index (χ4n) is 1.23. The lowest BCUT2D eigenvalue weighted by Gasteiger charge is -2.03. The van der Waals surface area contributed by atoms with E-state index in [0.29, 0.717) is 0 Å². The van der Waals surface area contributed by atoms with E-state index in [2.05, 4.69) is 4.74 Å². The number of aromatic carboxylic acids is 1. The van der Waals surface area contributed by atoms with Crippen molar-refractivity contribution in [3.05, 3.63) is 40.4 Å². The maximum atomic E-state index is 11.1. The molecule has 0 aliphatic heterocycles. The first-order chi connectivity index (χ1) is 8.06. The van der Waals surface area contributed by atoms with E-state index in [1.807, 2.05) is 0 Å². The molecule has 0 radical (unpaired) electrons. The number of hydrogen-bond acceptors (Lipinski definition) is 3. The summed E-state index contributed by atoms with van der Waals surface area (Å²) in [6, 6.07) is 4.51. The number of ether oxygens (including phenoxy) is 1. The number of hydrogen-bond donors (Lipinski definition) is 1. The van der Waals surface area contributed by atoms with Gasteiger partial charge < -0.3 is 9.84 Å². The Morgan fingerprint density at radius 2 is 2.18 bits per heavy atom. The Kier molecular flexibility index (Phi) is 4.72. The lowest BCUT2D eigenvalue weighted by atomic mass is 10.1. The van der Waals surface area contributed by atoms with Crippen LogP contribution in [0.3, 0.4) is 0 Å². The fraction of sp³-hybridized carbons (Fsp3) is 0.167. The Balaban J connectivity index is 3.05. The van der Waals surface area contributed by atoms with Gasteiger partial charge in [-0.15, -0.1) is 0 Å². The molecule has 0 saturated heterocycles. The van der Waals surface area contributed by atoms with Crippen LogP contribution in [-0.2, 0) is 9.53 Å². The summed E-state index contributed by atoms with van der Waals surface area (Å²) in [4.78, 5) is 22.0. The van der Waals surface area contributed by atoms with E-state index in [0.717, 1.165) is 6.08 Å². The highest BCUT2D eigenvalue weighted by Crippen LogP contribution is 2.21. The quantitative estimate of drug-likeness (QED) is 0.663. The van der Waals surface area contributed by atoms with Gasteiger partial charge in [0, 0.05) is 16.7 Å². The molecular weight excluding hydrogens is 244 g/mol. The average Bonchev–Trinajstić information content (AvgIpc) is 2.27. The number of halogens is 1. The van der Waals surface area contributed by atoms with Crippen LogP contribution in [-0.4, -0.2) is 23.7 Å². The monoisotopic (exact) mass is 254 g/mol. The predicted octanol–water partition coefficient (Wildman–Crippen LogP) is 2.61. The van der Waals surface area contributed by atoms with Crippen LogP contribution < -0.4 is 0 Å². The van der Waals surface area contributed by atoms with E-state index < -0.39 is 11.9 Å². The van der Waals surface area contributed by atoms with Crippen LogP contribution in [0.2, 0.25) is 5.02 Å². The maximum Gasteiger partial charge on any atom is 0.336 e. The minimum absolute atomic E-state index is 0.0399. The van der Waals surface area contributed by atoms with Crippen LogP contribution in [0.1, 0.15) is 22.8 Å². The SMILES string of the molecule is CCOC(=O)C=Cc1c(Cl)cccc1C(=O)O. The Hall–Kier alpha value is -1.81. The van der Waals surface area contributed by atoms with E-state index in [1.54, 1.807) is 13.0 Å². The molecule has 0 aliphatic rings. The van der Waals surface area contributed by atoms with Gasteiger partial charge in [0.1, 0.15) is 0 Å². The van der Waals surface area contributed by atoms with Crippen molar-refractivity contribution in [1.29, 1.82) is 0 Å². The van der Waals surface area contributed by atoms with Crippen LogP contribution in [0.15, 0.2) is 24.3 Å². The first kappa shape index (κ1) is 13.3. The van der Waals surface area contributed by atoms with Crippen molar-refractivity contribution in [3.8, 4) is 0 Å². The molecule has 1 rings (SSSR count). The van der Waals surface area contributed by atoms with Crippen LogP contribution >= 0.6 is 11.6 Å². The second-order valence-electron chi connectivity index (χ2n) is 3.09. The first-order valence-electron chi connectivity index (χ1n) is 4.93. The van der Waals surface area contributed by atoms with Gasteiger partial charge in [0.15, 0.2) is 0 Å². The molecule has 0 aromatic heterocycles. The molecule has 1 aromatic rings. The molecular formula is C12H11ClO4. The van der Waals surface area contributed by atoms with Crippen molar-refractivity contribution in [1.82, 2.24) is 0 Å². The normalized spacial score (nSPS) is 10.5. The average molecular weight is 255 g/mol. The highest BCUT2D eigenvalue weighted by Gasteiger charge is 2.10. The summed E-state index contributed by atoms with van der Waals surface area (Å²) in [5.74, 6) is -1.64. The number of esters is 1. The molecule has 0 spiro atoms. The predicted molar refractivity (Wildman–Crippen MR) is 64.1 cm³/mol. The van der Waals surface area contributed by atoms with Crippen LogP contribution in [0, 0.1) is 0 Å². The molecule has 0 saturated carbocycles. The van der Waals surface area contributed by atoms with Crippen LogP contribution in [0.5, 0.6) is 0 Å². The van der Waals surface area contributed by atoms with Gasteiger partial charge >= 0.3 is 11.9 Å². The minimum atomic E-state index is -1.10. The topological polar surface area (TPSA) is 63.6 Å². The standard InChI is InChI=1S/C12H11ClO4/c1-2-17-11(14)7-6-8-9(12(15)16)4-3-5-10(8)13/h3-7H,2H2,1H3,(H,15,16). The summed E-state index contributed by atoms with van der Waals surface area (Å²) in [5.41, 5.74) is 0.327. The van der Waals surface area contributed by atoms with Crippen molar-refractivity contribution in [3.63, 3.8) is 0 Å². The molecule has 17 heavy (non-hydrogen) atoms. The van der Waals surface area contributed by atoms with Crippen molar-refractivity contribution in [2.24, 2.45) is 0 Å². The van der Waals surface area contributed by atoms with Crippen molar-refractivity contribution in [2.45, 2.75) is 6.92 Å². The first-order valence-corrected chi connectivity index (χ1v) is 5.30. The summed E-state index contributed by atoms with van der Waals surface area (Å²) in [5, 5.41) is 9.22. The molecule has 0 unspecified atom stereocenters. The molecule has 0 atom stereocenters. The minimum Gasteiger partial charge on any atom is -0.478 e. The molecule has 1 N–H and O–H groups in total. The second-order valence-corrected chi connectivity index (χ2v) is 3.50. The Morgan fingerprint density at radius 1 is 1.47 bits per heavy atom. The molecule has 5 heteroatoms. The number of carboxylic acids is 1. The van der Waals surface area contributed by atoms with Crippen molar-refractivity contribution in [2.75, 3.05) is 6.61 Å². The third-order valence-electron chi connectivity index (χ3n) is 1.96. The summed E-state index contributed by atoms with van der Waals surface area (Å²) in [6.07, 6.45) is 2.49. The molecule has 0 aliphatic carbocycles. The molecule has 0 heterocycles. The van der Waals surface area contributed by atoms with E-state index in [1.165, 1.54) is 18.2 Å². The van der Waals surface area contributed by atoms with Gasteiger partial charge in [-0.2, -0.15) is 0 Å². The summed E-state index contributed by atoms with van der Waals surface area (Å²) in [6.45, 7) is 1.95. The Bertz CT molecular complexity index is 466. The summed E-state index contributed by atoms with van der Waals surface area (Å²) < 4.78 is 4.69. The zero-order valence-corrected chi connectivity index (χ0v) is 9.90. The summed E-state index contributed by atoms with van der Waals surface area (Å²) >= 11 is 5.87. The van der Waals surface area contributed by atoms with Gasteiger partial charge in [0.05, 0.1) is 12.2 Å². The van der Waals surface area contributed by atoms with Gasteiger partial charge in [-0.05, 0) is 25.1 Å². The lowest BCUT2D eigenvalue weighted by Crippen LogP contribution is -2.01. The number of carbonyl (C=O) groups is 2. The number of carboxylic acid groups (broad SMARTS) is 1. The van der Waals surface area contributed by atoms with Crippen LogP contribution in [0.4, 0.5) is 0 Å². The van der Waals surface area contributed by atoms with Gasteiger partial charge in [-0.25, -0.2) is 9.59 Å². The second kappa shape index (κ2) is 6.06. The molecule has 1 aromatic carbocycles. The maximum absolute atomic E-state index is 11.1. The van der Waals surface area contributed by atoms with Crippen molar-refractivity contribution < 1.29 is 19.4 Å². The lowest BCUT2D eigenvalue weighted by molar-refractivity contribution is -0.137. The Labute approximate surface area is 103 Å². The molecule has 0 fully saturated rings. The van der Waals surface area contributed by atoms with E-state index in [9.17, 15) is 9.59 Å². The van der Waals surface area contributed by atoms with Gasteiger partial charge in [-0.3, -0.25) is 0 Å². The zero-order valence-electron chi connectivity index (χ0n) is 9.14. The number of benzene rings is 1. The third-order valence-corrected chi connectivity index (χ3v) is 2.29. The fourth-order valence-corrected chi connectivity index (χ4v) is 1.47. The largest absolute Gasteiger partial charge is 0.478 e. The zero-order chi connectivity index (χ0) is 12.8. The van der Waals surface area contributed by atoms with E-state index in [4.69, 9.17) is 16.7 Å². The summed E-state index contributed by atoms with van der Waals surface area (Å²) in [7, 11) is 0. The number of carbonyl (C=O) groups excluding carboxylic acids is 1. The van der Waals surface area contributed by atoms with Gasteiger partial charge in [0.2, 0.25) is 0 Å². The third kappa shape index (κ3) is 3.60. The van der Waals surface area contributed by atoms with Gasteiger partial charge in [0.25, 0.3) is 0 Å². The highest BCUT2D eigenvalue weighted by molar-refractivity contribution is 6.32. The van der Waals surface area contributed by atoms with Crippen molar-refractivity contribution >= 4 is 29.6 Å². The molecule has 90 valence electrons. The van der Waals surface area contributed by atoms with E-state index in [-0.39, 0.29) is 22.8 Å². The number of rotatable bonds is 4. The van der Waals surface area contributed by atoms with Crippen LogP contribution in [0.25, 0.3) is 6.08 Å². The smallest absolute Gasteiger partial charge is 0.336 e. The Morgan fingerprint density at radius 3 is 2.76 bits per heavy atom. The molecule has 4 nitrogen and oxygen atoms in total. The molecule has 0 bridgehead atoms. The van der Waals surface area contributed by atoms with Gasteiger partial charge in [-0.1, -0.05) is 17.7 Å². The van der Waals surface area contributed by atoms with E-state index >= 15 is 0 Å².